The van der Waals surface area contributed by atoms with Gasteiger partial charge in [-0.2, -0.15) is 0 Å². The van der Waals surface area contributed by atoms with E-state index in [-0.39, 0.29) is 17.4 Å². The van der Waals surface area contributed by atoms with E-state index in [0.29, 0.717) is 19.0 Å². The van der Waals surface area contributed by atoms with Crippen molar-refractivity contribution in [3.8, 4) is 0 Å². The summed E-state index contributed by atoms with van der Waals surface area (Å²) in [6.07, 6.45) is 4.39. The van der Waals surface area contributed by atoms with E-state index >= 15 is 0 Å². The van der Waals surface area contributed by atoms with Crippen LogP contribution in [0.2, 0.25) is 0 Å². The van der Waals surface area contributed by atoms with E-state index in [0.717, 1.165) is 31.9 Å². The average Bonchev–Trinajstić information content (AvgIpc) is 2.72. The van der Waals surface area contributed by atoms with E-state index in [1.54, 1.807) is 12.1 Å². The van der Waals surface area contributed by atoms with Crippen molar-refractivity contribution in [3.63, 3.8) is 0 Å². The maximum atomic E-state index is 13.0. The van der Waals surface area contributed by atoms with E-state index in [9.17, 15) is 9.18 Å². The first-order valence-electron chi connectivity index (χ1n) is 8.73. The van der Waals surface area contributed by atoms with Gasteiger partial charge in [0.1, 0.15) is 11.5 Å². The first-order valence-corrected chi connectivity index (χ1v) is 8.73. The van der Waals surface area contributed by atoms with E-state index in [2.05, 4.69) is 25.2 Å². The van der Waals surface area contributed by atoms with Crippen LogP contribution in [0.25, 0.3) is 0 Å². The SMILES string of the molecule is NC(=NCCNC(=O)c1cnccn1)N1CCN(c2ccc(F)cc2)CC1. The van der Waals surface area contributed by atoms with Crippen molar-refractivity contribution in [2.75, 3.05) is 44.2 Å². The third-order valence-electron chi connectivity index (χ3n) is 4.26. The summed E-state index contributed by atoms with van der Waals surface area (Å²) >= 11 is 0. The lowest BCUT2D eigenvalue weighted by molar-refractivity contribution is 0.0949. The Morgan fingerprint density at radius 3 is 2.59 bits per heavy atom. The van der Waals surface area contributed by atoms with Gasteiger partial charge in [0.15, 0.2) is 5.96 Å². The van der Waals surface area contributed by atoms with Gasteiger partial charge in [0.25, 0.3) is 5.91 Å². The van der Waals surface area contributed by atoms with Crippen LogP contribution in [0.15, 0.2) is 47.8 Å². The molecule has 142 valence electrons. The van der Waals surface area contributed by atoms with Crippen LogP contribution in [0, 0.1) is 5.82 Å². The topological polar surface area (TPSA) is 99.7 Å². The molecule has 1 saturated heterocycles. The van der Waals surface area contributed by atoms with Gasteiger partial charge in [-0.3, -0.25) is 14.8 Å². The van der Waals surface area contributed by atoms with Crippen molar-refractivity contribution in [1.29, 1.82) is 0 Å². The fourth-order valence-corrected chi connectivity index (χ4v) is 2.79. The Kier molecular flexibility index (Phi) is 6.14. The van der Waals surface area contributed by atoms with Crippen LogP contribution >= 0.6 is 0 Å². The van der Waals surface area contributed by atoms with Crippen LogP contribution in [0.3, 0.4) is 0 Å². The molecule has 8 nitrogen and oxygen atoms in total. The summed E-state index contributed by atoms with van der Waals surface area (Å²) in [5.41, 5.74) is 7.32. The van der Waals surface area contributed by atoms with E-state index in [1.807, 2.05) is 4.90 Å². The minimum absolute atomic E-state index is 0.236. The molecular weight excluding hydrogens is 349 g/mol. The zero-order chi connectivity index (χ0) is 19.1. The second-order valence-electron chi connectivity index (χ2n) is 6.04. The van der Waals surface area contributed by atoms with Crippen molar-refractivity contribution in [2.24, 2.45) is 10.7 Å². The minimum atomic E-state index is -0.287. The molecular formula is C18H22FN7O. The van der Waals surface area contributed by atoms with Gasteiger partial charge in [-0.15, -0.1) is 0 Å². The Balaban J connectivity index is 1.41. The summed E-state index contributed by atoms with van der Waals surface area (Å²) in [5, 5.41) is 2.73. The second-order valence-corrected chi connectivity index (χ2v) is 6.04. The first-order chi connectivity index (χ1) is 13.1. The molecule has 3 rings (SSSR count). The number of hydrogen-bond donors (Lipinski definition) is 2. The summed E-state index contributed by atoms with van der Waals surface area (Å²) in [4.78, 5) is 28.2. The first kappa shape index (κ1) is 18.6. The Bertz CT molecular complexity index is 774. The smallest absolute Gasteiger partial charge is 0.271 e. The van der Waals surface area contributed by atoms with Gasteiger partial charge in [-0.1, -0.05) is 0 Å². The highest BCUT2D eigenvalue weighted by Crippen LogP contribution is 2.16. The van der Waals surface area contributed by atoms with Gasteiger partial charge < -0.3 is 20.9 Å². The molecule has 2 heterocycles. The molecule has 0 radical (unpaired) electrons. The van der Waals surface area contributed by atoms with Crippen LogP contribution in [0.1, 0.15) is 10.5 Å². The number of anilines is 1. The van der Waals surface area contributed by atoms with Crippen molar-refractivity contribution in [2.45, 2.75) is 0 Å². The molecule has 1 fully saturated rings. The maximum absolute atomic E-state index is 13.0. The van der Waals surface area contributed by atoms with Gasteiger partial charge in [0.2, 0.25) is 0 Å². The monoisotopic (exact) mass is 371 g/mol. The molecule has 1 aromatic heterocycles. The van der Waals surface area contributed by atoms with Crippen molar-refractivity contribution in [1.82, 2.24) is 20.2 Å². The molecule has 1 amide bonds. The number of piperazine rings is 1. The van der Waals surface area contributed by atoms with Gasteiger partial charge in [0.05, 0.1) is 12.7 Å². The fraction of sp³-hybridized carbons (Fsp3) is 0.333. The summed E-state index contributed by atoms with van der Waals surface area (Å²) in [7, 11) is 0. The lowest BCUT2D eigenvalue weighted by Crippen LogP contribution is -2.51. The Hall–Kier alpha value is -3.23. The fourth-order valence-electron chi connectivity index (χ4n) is 2.79. The molecule has 2 aromatic rings. The third-order valence-corrected chi connectivity index (χ3v) is 4.26. The number of guanidine groups is 1. The zero-order valence-electron chi connectivity index (χ0n) is 14.9. The van der Waals surface area contributed by atoms with Crippen molar-refractivity contribution >= 4 is 17.6 Å². The predicted molar refractivity (Wildman–Crippen MR) is 101 cm³/mol. The number of carbonyl (C=O) groups is 1. The normalized spacial score (nSPS) is 14.9. The van der Waals surface area contributed by atoms with Crippen LogP contribution in [0.4, 0.5) is 10.1 Å². The molecule has 0 spiro atoms. The number of nitrogens with two attached hydrogens (primary N) is 1. The number of benzene rings is 1. The summed E-state index contributed by atoms with van der Waals surface area (Å²) < 4.78 is 13.0. The Morgan fingerprint density at radius 2 is 1.93 bits per heavy atom. The highest BCUT2D eigenvalue weighted by molar-refractivity contribution is 5.91. The maximum Gasteiger partial charge on any atom is 0.271 e. The zero-order valence-corrected chi connectivity index (χ0v) is 14.9. The summed E-state index contributed by atoms with van der Waals surface area (Å²) in [5.74, 6) is -0.0625. The van der Waals surface area contributed by atoms with Crippen molar-refractivity contribution in [3.05, 3.63) is 54.4 Å². The van der Waals surface area contributed by atoms with E-state index in [4.69, 9.17) is 5.73 Å². The molecule has 27 heavy (non-hydrogen) atoms. The molecule has 0 unspecified atom stereocenters. The molecule has 9 heteroatoms. The molecule has 0 saturated carbocycles. The second kappa shape index (κ2) is 8.93. The summed E-state index contributed by atoms with van der Waals surface area (Å²) in [6.45, 7) is 3.79. The number of halogens is 1. The number of rotatable bonds is 5. The lowest BCUT2D eigenvalue weighted by Gasteiger charge is -2.36. The molecule has 0 aliphatic carbocycles. The molecule has 1 aliphatic rings. The highest BCUT2D eigenvalue weighted by atomic mass is 19.1. The number of nitrogens with zero attached hydrogens (tertiary/aromatic N) is 5. The van der Waals surface area contributed by atoms with E-state index < -0.39 is 0 Å². The molecule has 3 N–H and O–H groups in total. The number of aliphatic imine (C=N–C) groups is 1. The van der Waals surface area contributed by atoms with Gasteiger partial charge in [-0.25, -0.2) is 9.37 Å². The van der Waals surface area contributed by atoms with Gasteiger partial charge >= 0.3 is 0 Å². The van der Waals surface area contributed by atoms with Crippen LogP contribution < -0.4 is 16.0 Å². The third kappa shape index (κ3) is 5.13. The standard InChI is InChI=1S/C18H22FN7O/c19-14-1-3-15(4-2-14)25-9-11-26(12-10-25)18(20)24-8-7-23-17(27)16-13-21-5-6-22-16/h1-6,13H,7-12H2,(H2,20,24)(H,23,27). The number of hydrogen-bond acceptors (Lipinski definition) is 5. The van der Waals surface area contributed by atoms with Crippen LogP contribution in [0.5, 0.6) is 0 Å². The Morgan fingerprint density at radius 1 is 1.19 bits per heavy atom. The predicted octanol–water partition coefficient (Wildman–Crippen LogP) is 0.482. The summed E-state index contributed by atoms with van der Waals surface area (Å²) in [6, 6.07) is 6.49. The molecule has 0 bridgehead atoms. The number of carbonyl (C=O) groups excluding carboxylic acids is 1. The highest BCUT2D eigenvalue weighted by Gasteiger charge is 2.18. The molecule has 0 atom stereocenters. The lowest BCUT2D eigenvalue weighted by atomic mass is 10.2. The Labute approximate surface area is 156 Å². The number of nitrogens with one attached hydrogen (secondary N) is 1. The van der Waals surface area contributed by atoms with Gasteiger partial charge in [-0.05, 0) is 24.3 Å². The number of aromatic nitrogens is 2. The molecule has 1 aliphatic heterocycles. The van der Waals surface area contributed by atoms with Gasteiger partial charge in [0, 0.05) is 50.8 Å². The quantitative estimate of drug-likeness (QED) is 0.451. The minimum Gasteiger partial charge on any atom is -0.370 e. The largest absolute Gasteiger partial charge is 0.370 e. The number of amides is 1. The van der Waals surface area contributed by atoms with E-state index in [1.165, 1.54) is 30.7 Å². The van der Waals surface area contributed by atoms with Crippen LogP contribution in [-0.4, -0.2) is 66.0 Å². The average molecular weight is 371 g/mol. The van der Waals surface area contributed by atoms with Crippen molar-refractivity contribution < 1.29 is 9.18 Å². The van der Waals surface area contributed by atoms with Crippen LogP contribution in [-0.2, 0) is 0 Å². The molecule has 1 aromatic carbocycles.